The van der Waals surface area contributed by atoms with Crippen molar-refractivity contribution in [2.45, 2.75) is 21.9 Å². The van der Waals surface area contributed by atoms with Crippen LogP contribution in [0.2, 0.25) is 0 Å². The van der Waals surface area contributed by atoms with E-state index in [4.69, 9.17) is 0 Å². The zero-order valence-corrected chi connectivity index (χ0v) is 25.8. The van der Waals surface area contributed by atoms with Gasteiger partial charge >= 0.3 is 59.1 Å². The molecule has 0 bridgehead atoms. The molecule has 3 rings (SSSR count). The van der Waals surface area contributed by atoms with Gasteiger partial charge in [0.25, 0.3) is 10.0 Å². The van der Waals surface area contributed by atoms with Crippen LogP contribution in [0.25, 0.3) is 0 Å². The van der Waals surface area contributed by atoms with E-state index in [1.807, 2.05) is 0 Å². The number of pyridine rings is 1. The molecule has 3 aromatic rings. The number of benzene rings is 2. The summed E-state index contributed by atoms with van der Waals surface area (Å²) in [6.07, 6.45) is 0.558. The summed E-state index contributed by atoms with van der Waals surface area (Å²) in [6, 6.07) is 16.6. The average Bonchev–Trinajstić information content (AvgIpc) is 2.76. The third kappa shape index (κ3) is 9.36. The van der Waals surface area contributed by atoms with Gasteiger partial charge in [-0.3, -0.25) is 4.72 Å². The molecule has 2 aromatic carbocycles. The summed E-state index contributed by atoms with van der Waals surface area (Å²) in [6.45, 7) is 0. The van der Waals surface area contributed by atoms with Gasteiger partial charge in [-0.25, -0.2) is 30.2 Å². The van der Waals surface area contributed by atoms with Crippen LogP contribution in [0.4, 0.5) is 11.5 Å². The molecule has 11 nitrogen and oxygen atoms in total. The third-order valence-corrected chi connectivity index (χ3v) is 8.23. The predicted octanol–water partition coefficient (Wildman–Crippen LogP) is -4.15. The number of rotatable bonds is 10. The van der Waals surface area contributed by atoms with Gasteiger partial charge in [0.15, 0.2) is 0 Å². The van der Waals surface area contributed by atoms with Crippen LogP contribution in [0.3, 0.4) is 0 Å². The smallest absolute Gasteiger partial charge is 0.747 e. The molecule has 0 saturated carbocycles. The summed E-state index contributed by atoms with van der Waals surface area (Å²) in [5.74, 6) is 0.0907. The summed E-state index contributed by atoms with van der Waals surface area (Å²) < 4.78 is 98.1. The normalized spacial score (nSPS) is 13.4. The van der Waals surface area contributed by atoms with Gasteiger partial charge in [-0.05, 0) is 42.0 Å². The Hall–Kier alpha value is -1.04. The zero-order valence-electron chi connectivity index (χ0n) is 19.3. The minimum atomic E-state index is -5.11. The largest absolute Gasteiger partial charge is 1.00 e. The zero-order chi connectivity index (χ0) is 25.0. The van der Waals surface area contributed by atoms with Crippen molar-refractivity contribution in [2.75, 3.05) is 10.0 Å². The molecule has 0 amide bonds. The molecule has 0 spiro atoms. The number of anilines is 2. The summed E-state index contributed by atoms with van der Waals surface area (Å²) in [7, 11) is -14.1. The maximum absolute atomic E-state index is 12.5. The van der Waals surface area contributed by atoms with Crippen molar-refractivity contribution in [1.29, 1.82) is 0 Å². The molecule has 182 valence electrons. The van der Waals surface area contributed by atoms with Gasteiger partial charge in [0.2, 0.25) is 0 Å². The second-order valence-corrected chi connectivity index (χ2v) is 11.9. The van der Waals surface area contributed by atoms with E-state index < -0.39 is 47.3 Å². The van der Waals surface area contributed by atoms with Gasteiger partial charge in [0, 0.05) is 18.3 Å². The molecule has 1 heterocycles. The minimum Gasteiger partial charge on any atom is -0.747 e. The van der Waals surface area contributed by atoms with Gasteiger partial charge in [-0.2, -0.15) is 0 Å². The maximum Gasteiger partial charge on any atom is 1.00 e. The topological polar surface area (TPSA) is 185 Å². The number of nitrogens with zero attached hydrogens (tertiary/aromatic N) is 1. The van der Waals surface area contributed by atoms with Crippen molar-refractivity contribution in [1.82, 2.24) is 4.98 Å². The second kappa shape index (κ2) is 13.7. The van der Waals surface area contributed by atoms with Crippen LogP contribution in [-0.4, -0.2) is 44.7 Å². The predicted molar refractivity (Wildman–Crippen MR) is 122 cm³/mol. The molecule has 1 aromatic heterocycles. The van der Waals surface area contributed by atoms with E-state index in [2.05, 4.69) is 15.0 Å². The Labute approximate surface area is 254 Å². The molecule has 0 aliphatic heterocycles. The first-order chi connectivity index (χ1) is 15.9. The molecule has 0 fully saturated rings. The Balaban J connectivity index is 0.00000324. The molecule has 2 atom stereocenters. The first-order valence-electron chi connectivity index (χ1n) is 9.61. The van der Waals surface area contributed by atoms with Crippen LogP contribution in [0.15, 0.2) is 83.9 Å². The van der Waals surface area contributed by atoms with Crippen molar-refractivity contribution in [3.63, 3.8) is 0 Å². The minimum absolute atomic E-state index is 0. The maximum atomic E-state index is 12.5. The molecular weight excluding hydrogens is 552 g/mol. The van der Waals surface area contributed by atoms with E-state index in [1.165, 1.54) is 48.7 Å². The first kappa shape index (κ1) is 33.0. The van der Waals surface area contributed by atoms with Crippen molar-refractivity contribution in [3.05, 3.63) is 84.6 Å². The SMILES string of the molecule is O=S(=O)(Nc1ccccn1)c1ccc(NC(CC(c2ccccc2)S(=O)(=O)[O-])S(=O)(=O)[O-])cc1.[Na+].[Na+]. The fourth-order valence-corrected chi connectivity index (χ4v) is 5.82. The van der Waals surface area contributed by atoms with Gasteiger partial charge in [0.05, 0.1) is 10.1 Å². The summed E-state index contributed by atoms with van der Waals surface area (Å²) in [5, 5.41) is -1.38. The first-order valence-corrected chi connectivity index (χ1v) is 14.0. The molecule has 0 radical (unpaired) electrons. The van der Waals surface area contributed by atoms with Gasteiger partial charge < -0.3 is 14.4 Å². The number of sulfonamides is 1. The van der Waals surface area contributed by atoms with Crippen LogP contribution in [0, 0.1) is 0 Å². The van der Waals surface area contributed by atoms with E-state index in [1.54, 1.807) is 18.2 Å². The Morgan fingerprint density at radius 1 is 0.750 bits per heavy atom. The fourth-order valence-electron chi connectivity index (χ4n) is 3.07. The van der Waals surface area contributed by atoms with E-state index >= 15 is 0 Å². The second-order valence-electron chi connectivity index (χ2n) is 7.10. The summed E-state index contributed by atoms with van der Waals surface area (Å²) in [4.78, 5) is 3.70. The Kier molecular flexibility index (Phi) is 12.5. The van der Waals surface area contributed by atoms with Crippen molar-refractivity contribution in [2.24, 2.45) is 0 Å². The summed E-state index contributed by atoms with van der Waals surface area (Å²) >= 11 is 0. The molecule has 2 N–H and O–H groups in total. The van der Waals surface area contributed by atoms with E-state index in [0.29, 0.717) is 0 Å². The monoisotopic (exact) mass is 571 g/mol. The molecule has 0 aliphatic carbocycles. The Morgan fingerprint density at radius 3 is 1.83 bits per heavy atom. The van der Waals surface area contributed by atoms with Gasteiger partial charge in [-0.1, -0.05) is 36.4 Å². The molecule has 36 heavy (non-hydrogen) atoms. The van der Waals surface area contributed by atoms with E-state index in [9.17, 15) is 34.4 Å². The van der Waals surface area contributed by atoms with Crippen LogP contribution >= 0.6 is 0 Å². The Morgan fingerprint density at radius 2 is 1.33 bits per heavy atom. The van der Waals surface area contributed by atoms with Gasteiger partial charge in [-0.15, -0.1) is 0 Å². The van der Waals surface area contributed by atoms with Crippen LogP contribution in [0.1, 0.15) is 17.2 Å². The summed E-state index contributed by atoms with van der Waals surface area (Å²) in [5.41, 5.74) is 0.0614. The van der Waals surface area contributed by atoms with Crippen molar-refractivity contribution < 1.29 is 93.5 Å². The molecule has 0 saturated heterocycles. The van der Waals surface area contributed by atoms with E-state index in [-0.39, 0.29) is 81.1 Å². The van der Waals surface area contributed by atoms with Crippen molar-refractivity contribution >= 4 is 41.8 Å². The number of hydrogen-bond acceptors (Lipinski definition) is 10. The number of hydrogen-bond donors (Lipinski definition) is 2. The van der Waals surface area contributed by atoms with Crippen LogP contribution in [-0.2, 0) is 30.3 Å². The molecule has 0 aliphatic rings. The molecule has 16 heteroatoms. The van der Waals surface area contributed by atoms with Gasteiger partial charge in [0.1, 0.15) is 31.4 Å². The van der Waals surface area contributed by atoms with Crippen molar-refractivity contribution in [3.8, 4) is 0 Å². The average molecular weight is 572 g/mol. The Bertz CT molecular complexity index is 1440. The molecule has 2 unspecified atom stereocenters. The van der Waals surface area contributed by atoms with Crippen LogP contribution < -0.4 is 69.2 Å². The quantitative estimate of drug-likeness (QED) is 0.179. The van der Waals surface area contributed by atoms with E-state index in [0.717, 1.165) is 12.1 Å². The fraction of sp³-hybridized carbons (Fsp3) is 0.150. The third-order valence-electron chi connectivity index (χ3n) is 4.69. The number of nitrogens with one attached hydrogen (secondary N) is 2. The standard InChI is InChI=1S/C20H21N3O8S3.2Na/c24-32(25,23-19-8-4-5-13-21-19)17-11-9-16(10-12-17)22-20(34(29,30)31)14-18(33(26,27)28)15-6-2-1-3-7-15;;/h1-13,18,20,22H,14H2,(H,21,23)(H,26,27,28)(H,29,30,31);;/q;2*+1/p-2. The number of aromatic nitrogens is 1. The molecular formula is C20H19N3Na2O8S3. The van der Waals surface area contributed by atoms with Crippen LogP contribution in [0.5, 0.6) is 0 Å².